The number of nitrogens with zero attached hydrogens (tertiary/aromatic N) is 1. The third kappa shape index (κ3) is 1.69. The molecular weight excluding hydrogens is 216 g/mol. The van der Waals surface area contributed by atoms with E-state index in [1.165, 1.54) is 0 Å². The molecule has 0 spiro atoms. The molecule has 17 heavy (non-hydrogen) atoms. The molecule has 1 unspecified atom stereocenters. The third-order valence-electron chi connectivity index (χ3n) is 3.47. The van der Waals surface area contributed by atoms with Crippen LogP contribution in [0.2, 0.25) is 0 Å². The number of amides is 2. The molecule has 1 atom stereocenters. The number of fused-ring (bicyclic) bond motifs is 2. The second kappa shape index (κ2) is 3.87. The summed E-state index contributed by atoms with van der Waals surface area (Å²) < 4.78 is 0. The van der Waals surface area contributed by atoms with Gasteiger partial charge in [0.2, 0.25) is 5.91 Å². The van der Waals surface area contributed by atoms with Crippen LogP contribution in [0.3, 0.4) is 0 Å². The molecule has 0 aliphatic carbocycles. The van der Waals surface area contributed by atoms with Crippen LogP contribution in [0.1, 0.15) is 35.2 Å². The van der Waals surface area contributed by atoms with Crippen molar-refractivity contribution in [1.82, 2.24) is 10.2 Å². The van der Waals surface area contributed by atoms with Gasteiger partial charge in [0.15, 0.2) is 0 Å². The number of hydrogen-bond acceptors (Lipinski definition) is 2. The fourth-order valence-electron chi connectivity index (χ4n) is 2.56. The van der Waals surface area contributed by atoms with Gasteiger partial charge in [-0.15, -0.1) is 0 Å². The molecule has 0 saturated carbocycles. The zero-order chi connectivity index (χ0) is 11.8. The van der Waals surface area contributed by atoms with Gasteiger partial charge in [0.05, 0.1) is 0 Å². The molecule has 1 aromatic carbocycles. The summed E-state index contributed by atoms with van der Waals surface area (Å²) in [6.45, 7) is 0.540. The number of carbonyl (C=O) groups is 2. The van der Waals surface area contributed by atoms with Crippen LogP contribution in [-0.2, 0) is 11.3 Å². The lowest BCUT2D eigenvalue weighted by atomic mass is 10.1. The topological polar surface area (TPSA) is 49.4 Å². The summed E-state index contributed by atoms with van der Waals surface area (Å²) in [5, 5.41) is 2.93. The number of rotatable bonds is 0. The summed E-state index contributed by atoms with van der Waals surface area (Å²) >= 11 is 0. The average molecular weight is 230 g/mol. The van der Waals surface area contributed by atoms with E-state index in [1.54, 1.807) is 4.90 Å². The van der Waals surface area contributed by atoms with Crippen molar-refractivity contribution in [3.05, 3.63) is 35.4 Å². The number of piperidine rings is 1. The van der Waals surface area contributed by atoms with Crippen LogP contribution in [0.25, 0.3) is 0 Å². The molecule has 1 aromatic rings. The fourth-order valence-corrected chi connectivity index (χ4v) is 2.56. The molecule has 2 heterocycles. The number of nitrogens with one attached hydrogen (secondary N) is 1. The minimum Gasteiger partial charge on any atom is -0.332 e. The SMILES string of the molecule is O=C1NC2CCCC(=O)N2Cc2ccccc21. The van der Waals surface area contributed by atoms with Crippen LogP contribution in [0.4, 0.5) is 0 Å². The summed E-state index contributed by atoms with van der Waals surface area (Å²) in [5.41, 5.74) is 1.62. The van der Waals surface area contributed by atoms with Crippen molar-refractivity contribution in [2.75, 3.05) is 0 Å². The molecule has 4 nitrogen and oxygen atoms in total. The van der Waals surface area contributed by atoms with Gasteiger partial charge in [-0.3, -0.25) is 9.59 Å². The lowest BCUT2D eigenvalue weighted by molar-refractivity contribution is -0.137. The van der Waals surface area contributed by atoms with E-state index < -0.39 is 0 Å². The normalized spacial score (nSPS) is 23.5. The predicted molar refractivity (Wildman–Crippen MR) is 62.1 cm³/mol. The number of benzene rings is 1. The van der Waals surface area contributed by atoms with Crippen molar-refractivity contribution in [2.24, 2.45) is 0 Å². The van der Waals surface area contributed by atoms with Crippen LogP contribution in [0, 0.1) is 0 Å². The number of hydrogen-bond donors (Lipinski definition) is 1. The lowest BCUT2D eigenvalue weighted by Gasteiger charge is -2.34. The Morgan fingerprint density at radius 1 is 1.24 bits per heavy atom. The van der Waals surface area contributed by atoms with Gasteiger partial charge in [0, 0.05) is 18.5 Å². The highest BCUT2D eigenvalue weighted by molar-refractivity contribution is 5.96. The Balaban J connectivity index is 2.01. The van der Waals surface area contributed by atoms with E-state index in [4.69, 9.17) is 0 Å². The zero-order valence-corrected chi connectivity index (χ0v) is 9.48. The Hall–Kier alpha value is -1.84. The Morgan fingerprint density at radius 2 is 2.06 bits per heavy atom. The first-order valence-electron chi connectivity index (χ1n) is 5.94. The quantitative estimate of drug-likeness (QED) is 0.729. The first-order valence-corrected chi connectivity index (χ1v) is 5.94. The Kier molecular flexibility index (Phi) is 2.35. The molecule has 0 radical (unpaired) electrons. The molecule has 1 saturated heterocycles. The zero-order valence-electron chi connectivity index (χ0n) is 9.48. The van der Waals surface area contributed by atoms with Crippen molar-refractivity contribution in [1.29, 1.82) is 0 Å². The number of carbonyl (C=O) groups excluding carboxylic acids is 2. The van der Waals surface area contributed by atoms with E-state index in [1.807, 2.05) is 24.3 Å². The van der Waals surface area contributed by atoms with Gasteiger partial charge in [-0.05, 0) is 24.5 Å². The van der Waals surface area contributed by atoms with E-state index in [2.05, 4.69) is 5.32 Å². The summed E-state index contributed by atoms with van der Waals surface area (Å²) in [6.07, 6.45) is 2.17. The van der Waals surface area contributed by atoms with Gasteiger partial charge in [-0.25, -0.2) is 0 Å². The standard InChI is InChI=1S/C13H14N2O2/c16-12-7-3-6-11-14-13(17)10-5-2-1-4-9(10)8-15(11)12/h1-2,4-5,11H,3,6-8H2,(H,14,17). The predicted octanol–water partition coefficient (Wildman–Crippen LogP) is 1.27. The van der Waals surface area contributed by atoms with Crippen LogP contribution in [0.15, 0.2) is 24.3 Å². The molecular formula is C13H14N2O2. The highest BCUT2D eigenvalue weighted by Crippen LogP contribution is 2.24. The van der Waals surface area contributed by atoms with E-state index >= 15 is 0 Å². The summed E-state index contributed by atoms with van der Waals surface area (Å²) in [4.78, 5) is 25.7. The molecule has 3 rings (SSSR count). The monoisotopic (exact) mass is 230 g/mol. The van der Waals surface area contributed by atoms with E-state index in [9.17, 15) is 9.59 Å². The largest absolute Gasteiger partial charge is 0.332 e. The summed E-state index contributed by atoms with van der Waals surface area (Å²) in [7, 11) is 0. The Bertz CT molecular complexity index is 484. The third-order valence-corrected chi connectivity index (χ3v) is 3.47. The van der Waals surface area contributed by atoms with Gasteiger partial charge >= 0.3 is 0 Å². The van der Waals surface area contributed by atoms with Gasteiger partial charge in [0.25, 0.3) is 5.91 Å². The van der Waals surface area contributed by atoms with Crippen LogP contribution < -0.4 is 5.32 Å². The highest BCUT2D eigenvalue weighted by atomic mass is 16.2. The van der Waals surface area contributed by atoms with E-state index in [-0.39, 0.29) is 18.0 Å². The molecule has 0 bridgehead atoms. The molecule has 1 N–H and O–H groups in total. The molecule has 0 aromatic heterocycles. The van der Waals surface area contributed by atoms with Gasteiger partial charge in [-0.2, -0.15) is 0 Å². The van der Waals surface area contributed by atoms with Crippen LogP contribution in [-0.4, -0.2) is 22.9 Å². The minimum absolute atomic E-state index is 0.0669. The fraction of sp³-hybridized carbons (Fsp3) is 0.385. The molecule has 4 heteroatoms. The van der Waals surface area contributed by atoms with Crippen molar-refractivity contribution >= 4 is 11.8 Å². The maximum absolute atomic E-state index is 12.0. The molecule has 2 aliphatic rings. The van der Waals surface area contributed by atoms with Gasteiger partial charge in [-0.1, -0.05) is 18.2 Å². The Morgan fingerprint density at radius 3 is 2.94 bits per heavy atom. The summed E-state index contributed by atoms with van der Waals surface area (Å²) in [6, 6.07) is 7.48. The maximum atomic E-state index is 12.0. The molecule has 2 aliphatic heterocycles. The smallest absolute Gasteiger partial charge is 0.253 e. The van der Waals surface area contributed by atoms with Crippen molar-refractivity contribution < 1.29 is 9.59 Å². The second-order valence-electron chi connectivity index (χ2n) is 4.56. The molecule has 88 valence electrons. The minimum atomic E-state index is -0.129. The van der Waals surface area contributed by atoms with Crippen molar-refractivity contribution in [3.63, 3.8) is 0 Å². The molecule has 2 amide bonds. The van der Waals surface area contributed by atoms with Gasteiger partial charge < -0.3 is 10.2 Å². The van der Waals surface area contributed by atoms with Gasteiger partial charge in [0.1, 0.15) is 6.17 Å². The first kappa shape index (κ1) is 10.3. The lowest BCUT2D eigenvalue weighted by Crippen LogP contribution is -2.50. The van der Waals surface area contributed by atoms with E-state index in [0.717, 1.165) is 18.4 Å². The second-order valence-corrected chi connectivity index (χ2v) is 4.56. The highest BCUT2D eigenvalue weighted by Gasteiger charge is 2.32. The Labute approximate surface area is 99.6 Å². The molecule has 1 fully saturated rings. The summed E-state index contributed by atoms with van der Waals surface area (Å²) in [5.74, 6) is 0.0704. The maximum Gasteiger partial charge on any atom is 0.253 e. The van der Waals surface area contributed by atoms with Crippen molar-refractivity contribution in [3.8, 4) is 0 Å². The average Bonchev–Trinajstić information content (AvgIpc) is 2.47. The van der Waals surface area contributed by atoms with E-state index in [0.29, 0.717) is 18.5 Å². The first-order chi connectivity index (χ1) is 8.25. The van der Waals surface area contributed by atoms with Crippen LogP contribution in [0.5, 0.6) is 0 Å². The van der Waals surface area contributed by atoms with Crippen molar-refractivity contribution in [2.45, 2.75) is 32.0 Å². The van der Waals surface area contributed by atoms with Crippen LogP contribution >= 0.6 is 0 Å².